The minimum absolute atomic E-state index is 0.511. The van der Waals surface area contributed by atoms with Gasteiger partial charge >= 0.3 is 0 Å². The predicted molar refractivity (Wildman–Crippen MR) is 117 cm³/mol. The molecule has 0 radical (unpaired) electrons. The monoisotopic (exact) mass is 443 g/mol. The van der Waals surface area contributed by atoms with Crippen molar-refractivity contribution < 1.29 is 0 Å². The van der Waals surface area contributed by atoms with Crippen LogP contribution >= 0.6 is 27.5 Å². The van der Waals surface area contributed by atoms with Crippen LogP contribution < -0.4 is 10.6 Å². The maximum absolute atomic E-state index is 6.09. The van der Waals surface area contributed by atoms with Crippen LogP contribution in [0.1, 0.15) is 31.2 Å². The first-order valence-electron chi connectivity index (χ1n) is 9.46. The second kappa shape index (κ2) is 8.59. The van der Waals surface area contributed by atoms with Gasteiger partial charge < -0.3 is 10.6 Å². The Morgan fingerprint density at radius 1 is 0.963 bits per heavy atom. The van der Waals surface area contributed by atoms with E-state index in [1.54, 1.807) is 0 Å². The Labute approximate surface area is 173 Å². The summed E-state index contributed by atoms with van der Waals surface area (Å²) in [6.07, 6.45) is 6.60. The highest BCUT2D eigenvalue weighted by Crippen LogP contribution is 2.28. The lowest BCUT2D eigenvalue weighted by Crippen LogP contribution is -2.36. The molecular weight excluding hydrogens is 422 g/mol. The Morgan fingerprint density at radius 2 is 1.70 bits per heavy atom. The Bertz CT molecular complexity index is 905. The maximum atomic E-state index is 6.09. The molecule has 1 aliphatic rings. The van der Waals surface area contributed by atoms with Gasteiger partial charge in [0.1, 0.15) is 0 Å². The van der Waals surface area contributed by atoms with E-state index in [0.29, 0.717) is 12.1 Å². The van der Waals surface area contributed by atoms with E-state index in [-0.39, 0.29) is 0 Å². The van der Waals surface area contributed by atoms with E-state index in [0.717, 1.165) is 32.6 Å². The molecule has 0 spiro atoms. The van der Waals surface area contributed by atoms with Crippen LogP contribution in [0.25, 0.3) is 10.9 Å². The molecule has 0 unspecified atom stereocenters. The third-order valence-corrected chi connectivity index (χ3v) is 6.06. The van der Waals surface area contributed by atoms with Gasteiger partial charge in [0.05, 0.1) is 5.52 Å². The summed E-state index contributed by atoms with van der Waals surface area (Å²) < 4.78 is 1.13. The highest BCUT2D eigenvalue weighted by molar-refractivity contribution is 9.10. The van der Waals surface area contributed by atoms with Crippen molar-refractivity contribution in [2.45, 2.75) is 44.3 Å². The smallest absolute Gasteiger partial charge is 0.0737 e. The fourth-order valence-electron chi connectivity index (χ4n) is 3.77. The van der Waals surface area contributed by atoms with Gasteiger partial charge in [-0.05, 0) is 67.6 Å². The summed E-state index contributed by atoms with van der Waals surface area (Å²) in [4.78, 5) is 4.43. The van der Waals surface area contributed by atoms with E-state index in [1.807, 2.05) is 18.3 Å². The summed E-state index contributed by atoms with van der Waals surface area (Å²) in [5, 5.41) is 9.30. The fraction of sp³-hybridized carbons (Fsp3) is 0.318. The average molecular weight is 445 g/mol. The zero-order valence-electron chi connectivity index (χ0n) is 15.1. The number of aromatic nitrogens is 1. The van der Waals surface area contributed by atoms with Crippen LogP contribution in [0.4, 0.5) is 5.69 Å². The molecule has 5 heteroatoms. The molecular formula is C22H23BrClN3. The number of rotatable bonds is 5. The van der Waals surface area contributed by atoms with Crippen molar-refractivity contribution in [3.8, 4) is 0 Å². The van der Waals surface area contributed by atoms with Crippen LogP contribution in [0.5, 0.6) is 0 Å². The average Bonchev–Trinajstić information content (AvgIpc) is 2.68. The number of nitrogens with one attached hydrogen (secondary N) is 2. The number of fused-ring (bicyclic) bond motifs is 1. The predicted octanol–water partition coefficient (Wildman–Crippen LogP) is 6.16. The van der Waals surface area contributed by atoms with Gasteiger partial charge in [0.2, 0.25) is 0 Å². The maximum Gasteiger partial charge on any atom is 0.0737 e. The molecule has 1 aromatic heterocycles. The molecule has 0 saturated heterocycles. The summed E-state index contributed by atoms with van der Waals surface area (Å²) in [5.41, 5.74) is 3.43. The molecule has 2 N–H and O–H groups in total. The molecule has 0 amide bonds. The Morgan fingerprint density at radius 3 is 2.48 bits per heavy atom. The summed E-state index contributed by atoms with van der Waals surface area (Å²) in [6, 6.07) is 17.6. The number of halogens is 2. The number of pyridine rings is 1. The van der Waals surface area contributed by atoms with Crippen LogP contribution in [-0.2, 0) is 6.54 Å². The number of benzene rings is 2. The summed E-state index contributed by atoms with van der Waals surface area (Å²) >= 11 is 9.58. The van der Waals surface area contributed by atoms with Gasteiger partial charge in [0.25, 0.3) is 0 Å². The normalized spacial score (nSPS) is 19.9. The minimum Gasteiger partial charge on any atom is -0.382 e. The molecule has 4 rings (SSSR count). The second-order valence-corrected chi connectivity index (χ2v) is 8.57. The van der Waals surface area contributed by atoms with Gasteiger partial charge in [0.15, 0.2) is 0 Å². The summed E-state index contributed by atoms with van der Waals surface area (Å²) in [7, 11) is 0. The quantitative estimate of drug-likeness (QED) is 0.494. The van der Waals surface area contributed by atoms with Crippen molar-refractivity contribution in [1.29, 1.82) is 0 Å². The molecule has 140 valence electrons. The van der Waals surface area contributed by atoms with Gasteiger partial charge in [-0.2, -0.15) is 0 Å². The van der Waals surface area contributed by atoms with Gasteiger partial charge in [0, 0.05) is 45.4 Å². The molecule has 2 aromatic carbocycles. The van der Waals surface area contributed by atoms with E-state index in [1.165, 1.54) is 31.2 Å². The molecule has 27 heavy (non-hydrogen) atoms. The van der Waals surface area contributed by atoms with E-state index in [9.17, 15) is 0 Å². The molecule has 1 fully saturated rings. The fourth-order valence-corrected chi connectivity index (χ4v) is 4.20. The third kappa shape index (κ3) is 4.81. The first-order valence-corrected chi connectivity index (χ1v) is 10.6. The van der Waals surface area contributed by atoms with Crippen molar-refractivity contribution in [3.63, 3.8) is 0 Å². The largest absolute Gasteiger partial charge is 0.382 e. The SMILES string of the molecule is Clc1ccc2c(N[C@H]3CC[C@@H](NCc4ccc(Br)cc4)CC3)ccnc2c1. The van der Waals surface area contributed by atoms with Crippen molar-refractivity contribution in [2.75, 3.05) is 5.32 Å². The van der Waals surface area contributed by atoms with Crippen LogP contribution in [0.3, 0.4) is 0 Å². The van der Waals surface area contributed by atoms with Crippen molar-refractivity contribution in [2.24, 2.45) is 0 Å². The van der Waals surface area contributed by atoms with E-state index >= 15 is 0 Å². The van der Waals surface area contributed by atoms with E-state index in [4.69, 9.17) is 11.6 Å². The van der Waals surface area contributed by atoms with Crippen LogP contribution in [0.15, 0.2) is 59.2 Å². The lowest BCUT2D eigenvalue weighted by Gasteiger charge is -2.30. The number of hydrogen-bond acceptors (Lipinski definition) is 3. The van der Waals surface area contributed by atoms with Gasteiger partial charge in [-0.15, -0.1) is 0 Å². The summed E-state index contributed by atoms with van der Waals surface area (Å²) in [6.45, 7) is 0.936. The number of nitrogens with zero attached hydrogens (tertiary/aromatic N) is 1. The minimum atomic E-state index is 0.511. The van der Waals surface area contributed by atoms with Crippen molar-refractivity contribution in [1.82, 2.24) is 10.3 Å². The second-order valence-electron chi connectivity index (χ2n) is 7.22. The molecule has 3 nitrogen and oxygen atoms in total. The Balaban J connectivity index is 1.31. The molecule has 1 heterocycles. The number of anilines is 1. The summed E-state index contributed by atoms with van der Waals surface area (Å²) in [5.74, 6) is 0. The zero-order valence-corrected chi connectivity index (χ0v) is 17.4. The zero-order chi connectivity index (χ0) is 18.6. The van der Waals surface area contributed by atoms with Gasteiger partial charge in [-0.3, -0.25) is 4.98 Å². The van der Waals surface area contributed by atoms with E-state index < -0.39 is 0 Å². The third-order valence-electron chi connectivity index (χ3n) is 5.30. The molecule has 0 bridgehead atoms. The first kappa shape index (κ1) is 18.7. The molecule has 1 saturated carbocycles. The lowest BCUT2D eigenvalue weighted by atomic mass is 9.90. The lowest BCUT2D eigenvalue weighted by molar-refractivity contribution is 0.353. The van der Waals surface area contributed by atoms with Gasteiger partial charge in [-0.1, -0.05) is 39.7 Å². The highest BCUT2D eigenvalue weighted by Gasteiger charge is 2.21. The first-order chi connectivity index (χ1) is 13.2. The molecule has 1 aliphatic carbocycles. The molecule has 0 atom stereocenters. The Kier molecular flexibility index (Phi) is 5.96. The van der Waals surface area contributed by atoms with Crippen molar-refractivity contribution >= 4 is 44.1 Å². The van der Waals surface area contributed by atoms with Crippen LogP contribution in [0, 0.1) is 0 Å². The topological polar surface area (TPSA) is 37.0 Å². The van der Waals surface area contributed by atoms with Crippen LogP contribution in [-0.4, -0.2) is 17.1 Å². The highest BCUT2D eigenvalue weighted by atomic mass is 79.9. The van der Waals surface area contributed by atoms with Crippen LogP contribution in [0.2, 0.25) is 5.02 Å². The van der Waals surface area contributed by atoms with Gasteiger partial charge in [-0.25, -0.2) is 0 Å². The van der Waals surface area contributed by atoms with E-state index in [2.05, 4.69) is 67.9 Å². The molecule has 3 aromatic rings. The Hall–Kier alpha value is -1.62. The number of hydrogen-bond donors (Lipinski definition) is 2. The standard InChI is InChI=1S/C22H23BrClN3/c23-16-3-1-15(2-4-16)14-26-18-6-8-19(9-7-18)27-21-11-12-25-22-13-17(24)5-10-20(21)22/h1-5,10-13,18-19,26H,6-9,14H2,(H,25,27)/t18-,19+. The molecule has 0 aliphatic heterocycles. The van der Waals surface area contributed by atoms with Crippen molar-refractivity contribution in [3.05, 3.63) is 69.8 Å².